The predicted octanol–water partition coefficient (Wildman–Crippen LogP) is 2.39. The highest BCUT2D eigenvalue weighted by Gasteiger charge is 2.23. The molecule has 0 saturated carbocycles. The molecule has 2 amide bonds. The number of nitrogens with zero attached hydrogens (tertiary/aromatic N) is 2. The van der Waals surface area contributed by atoms with Crippen molar-refractivity contribution >= 4 is 11.7 Å². The van der Waals surface area contributed by atoms with Gasteiger partial charge < -0.3 is 15.0 Å². The number of carbonyl (C=O) groups excluding carboxylic acids is 1. The first kappa shape index (κ1) is 16.2. The zero-order chi connectivity index (χ0) is 16.3. The molecule has 0 aromatic heterocycles. The minimum Gasteiger partial charge on any atom is -0.375 e. The standard InChI is InChI=1S/C15H21N3O4/c1-10-4-5-13(8-14(10)18(20)21)12(3)16-15(19)17-6-7-22-11(2)9-17/h4-5,8,11-12H,6-7,9H2,1-3H3,(H,16,19)/t11-,12-/m0/s1. The lowest BCUT2D eigenvalue weighted by Crippen LogP contribution is -2.49. The number of aryl methyl sites for hydroxylation is 1. The number of hydrogen-bond acceptors (Lipinski definition) is 4. The largest absolute Gasteiger partial charge is 0.375 e. The second-order valence-corrected chi connectivity index (χ2v) is 5.60. The van der Waals surface area contributed by atoms with Crippen molar-refractivity contribution in [3.63, 3.8) is 0 Å². The number of carbonyl (C=O) groups is 1. The van der Waals surface area contributed by atoms with Crippen molar-refractivity contribution in [2.24, 2.45) is 0 Å². The van der Waals surface area contributed by atoms with E-state index in [1.54, 1.807) is 24.0 Å². The second-order valence-electron chi connectivity index (χ2n) is 5.60. The number of amides is 2. The molecule has 1 fully saturated rings. The first-order valence-electron chi connectivity index (χ1n) is 7.30. The molecule has 1 saturated heterocycles. The van der Waals surface area contributed by atoms with Gasteiger partial charge in [-0.05, 0) is 26.3 Å². The first-order valence-corrected chi connectivity index (χ1v) is 7.30. The molecule has 7 nitrogen and oxygen atoms in total. The van der Waals surface area contributed by atoms with Gasteiger partial charge in [0.05, 0.1) is 23.7 Å². The third kappa shape index (κ3) is 3.73. The Hall–Kier alpha value is -2.15. The van der Waals surface area contributed by atoms with Crippen molar-refractivity contribution in [2.45, 2.75) is 32.9 Å². The summed E-state index contributed by atoms with van der Waals surface area (Å²) in [5.74, 6) is 0. The smallest absolute Gasteiger partial charge is 0.318 e. The van der Waals surface area contributed by atoms with Crippen molar-refractivity contribution < 1.29 is 14.5 Å². The van der Waals surface area contributed by atoms with E-state index in [2.05, 4.69) is 5.32 Å². The molecule has 0 aliphatic carbocycles. The third-order valence-corrected chi connectivity index (χ3v) is 3.80. The van der Waals surface area contributed by atoms with Gasteiger partial charge >= 0.3 is 6.03 Å². The number of benzene rings is 1. The van der Waals surface area contributed by atoms with Crippen molar-refractivity contribution in [1.29, 1.82) is 0 Å². The van der Waals surface area contributed by atoms with E-state index in [-0.39, 0.29) is 23.9 Å². The molecule has 22 heavy (non-hydrogen) atoms. The summed E-state index contributed by atoms with van der Waals surface area (Å²) in [6.45, 7) is 7.06. The quantitative estimate of drug-likeness (QED) is 0.686. The molecule has 1 aliphatic rings. The van der Waals surface area contributed by atoms with Crippen LogP contribution < -0.4 is 5.32 Å². The van der Waals surface area contributed by atoms with E-state index in [0.717, 1.165) is 0 Å². The Labute approximate surface area is 129 Å². The molecule has 2 rings (SSSR count). The van der Waals surface area contributed by atoms with Gasteiger partial charge in [0.15, 0.2) is 0 Å². The van der Waals surface area contributed by atoms with Gasteiger partial charge in [-0.2, -0.15) is 0 Å². The molecule has 0 unspecified atom stereocenters. The number of rotatable bonds is 3. The number of morpholine rings is 1. The molecule has 1 N–H and O–H groups in total. The Morgan fingerprint density at radius 1 is 1.55 bits per heavy atom. The number of hydrogen-bond donors (Lipinski definition) is 1. The van der Waals surface area contributed by atoms with E-state index < -0.39 is 4.92 Å². The van der Waals surface area contributed by atoms with Gasteiger partial charge in [0, 0.05) is 24.7 Å². The maximum atomic E-state index is 12.2. The minimum atomic E-state index is -0.406. The normalized spacial score (nSPS) is 19.6. The highest BCUT2D eigenvalue weighted by Crippen LogP contribution is 2.23. The van der Waals surface area contributed by atoms with Gasteiger partial charge in [0.25, 0.3) is 5.69 Å². The molecule has 0 radical (unpaired) electrons. The van der Waals surface area contributed by atoms with E-state index in [9.17, 15) is 14.9 Å². The average Bonchev–Trinajstić information content (AvgIpc) is 2.47. The molecule has 120 valence electrons. The fraction of sp³-hybridized carbons (Fsp3) is 0.533. The molecule has 1 aromatic carbocycles. The van der Waals surface area contributed by atoms with Crippen molar-refractivity contribution in [1.82, 2.24) is 10.2 Å². The van der Waals surface area contributed by atoms with Crippen molar-refractivity contribution in [3.8, 4) is 0 Å². The monoisotopic (exact) mass is 307 g/mol. The Balaban J connectivity index is 2.05. The zero-order valence-corrected chi connectivity index (χ0v) is 13.0. The topological polar surface area (TPSA) is 84.7 Å². The van der Waals surface area contributed by atoms with E-state index in [1.807, 2.05) is 13.8 Å². The first-order chi connectivity index (χ1) is 10.4. The summed E-state index contributed by atoms with van der Waals surface area (Å²) in [5, 5.41) is 13.9. The molecule has 0 spiro atoms. The summed E-state index contributed by atoms with van der Waals surface area (Å²) in [6.07, 6.45) is 0.0234. The third-order valence-electron chi connectivity index (χ3n) is 3.80. The number of urea groups is 1. The highest BCUT2D eigenvalue weighted by molar-refractivity contribution is 5.75. The summed E-state index contributed by atoms with van der Waals surface area (Å²) in [4.78, 5) is 24.5. The van der Waals surface area contributed by atoms with Crippen LogP contribution in [0.2, 0.25) is 0 Å². The Bertz CT molecular complexity index is 576. The fourth-order valence-corrected chi connectivity index (χ4v) is 2.46. The van der Waals surface area contributed by atoms with Gasteiger partial charge in [-0.15, -0.1) is 0 Å². The maximum Gasteiger partial charge on any atom is 0.318 e. The van der Waals surface area contributed by atoms with Gasteiger partial charge in [0.2, 0.25) is 0 Å². The number of ether oxygens (including phenoxy) is 1. The van der Waals surface area contributed by atoms with Crippen molar-refractivity contribution in [3.05, 3.63) is 39.4 Å². The molecular weight excluding hydrogens is 286 g/mol. The number of nitrogens with one attached hydrogen (secondary N) is 1. The number of nitro benzene ring substituents is 1. The SMILES string of the molecule is Cc1ccc([C@H](C)NC(=O)N2CCO[C@@H](C)C2)cc1[N+](=O)[O-]. The summed E-state index contributed by atoms with van der Waals surface area (Å²) in [7, 11) is 0. The molecular formula is C15H21N3O4. The molecule has 7 heteroatoms. The van der Waals surface area contributed by atoms with Crippen LogP contribution in [-0.2, 0) is 4.74 Å². The van der Waals surface area contributed by atoms with Crippen LogP contribution in [-0.4, -0.2) is 41.7 Å². The van der Waals surface area contributed by atoms with Crippen LogP contribution in [0.15, 0.2) is 18.2 Å². The molecule has 1 heterocycles. The van der Waals surface area contributed by atoms with E-state index in [4.69, 9.17) is 4.74 Å². The second kappa shape index (κ2) is 6.74. The van der Waals surface area contributed by atoms with E-state index >= 15 is 0 Å². The molecule has 0 bridgehead atoms. The molecule has 1 aliphatic heterocycles. The van der Waals surface area contributed by atoms with Crippen LogP contribution in [0.5, 0.6) is 0 Å². The summed E-state index contributed by atoms with van der Waals surface area (Å²) in [5.41, 5.74) is 1.39. The van der Waals surface area contributed by atoms with Gasteiger partial charge in [-0.1, -0.05) is 12.1 Å². The Kier molecular flexibility index (Phi) is 4.97. The van der Waals surface area contributed by atoms with Gasteiger partial charge in [-0.3, -0.25) is 10.1 Å². The van der Waals surface area contributed by atoms with Crippen molar-refractivity contribution in [2.75, 3.05) is 19.7 Å². The van der Waals surface area contributed by atoms with Crippen LogP contribution in [0.1, 0.15) is 31.0 Å². The predicted molar refractivity (Wildman–Crippen MR) is 81.8 cm³/mol. The summed E-state index contributed by atoms with van der Waals surface area (Å²) < 4.78 is 5.41. The molecule has 1 aromatic rings. The highest BCUT2D eigenvalue weighted by atomic mass is 16.6. The summed E-state index contributed by atoms with van der Waals surface area (Å²) >= 11 is 0. The molecule has 2 atom stereocenters. The zero-order valence-electron chi connectivity index (χ0n) is 13.0. The lowest BCUT2D eigenvalue weighted by Gasteiger charge is -2.32. The minimum absolute atomic E-state index is 0.0234. The fourth-order valence-electron chi connectivity index (χ4n) is 2.46. The van der Waals surface area contributed by atoms with Crippen LogP contribution in [0.3, 0.4) is 0 Å². The van der Waals surface area contributed by atoms with Crippen LogP contribution >= 0.6 is 0 Å². The van der Waals surface area contributed by atoms with Gasteiger partial charge in [0.1, 0.15) is 0 Å². The lowest BCUT2D eigenvalue weighted by atomic mass is 10.0. The van der Waals surface area contributed by atoms with E-state index in [0.29, 0.717) is 30.8 Å². The lowest BCUT2D eigenvalue weighted by molar-refractivity contribution is -0.385. The maximum absolute atomic E-state index is 12.2. The van der Waals surface area contributed by atoms with Crippen LogP contribution in [0.25, 0.3) is 0 Å². The van der Waals surface area contributed by atoms with E-state index in [1.165, 1.54) is 6.07 Å². The van der Waals surface area contributed by atoms with Crippen LogP contribution in [0.4, 0.5) is 10.5 Å². The Morgan fingerprint density at radius 3 is 2.91 bits per heavy atom. The number of nitro groups is 1. The Morgan fingerprint density at radius 2 is 2.27 bits per heavy atom. The van der Waals surface area contributed by atoms with Gasteiger partial charge in [-0.25, -0.2) is 4.79 Å². The van der Waals surface area contributed by atoms with Crippen LogP contribution in [0, 0.1) is 17.0 Å². The summed E-state index contributed by atoms with van der Waals surface area (Å²) in [6, 6.07) is 4.54. The average molecular weight is 307 g/mol.